The molecule has 0 unspecified atom stereocenters. The molecule has 8 heteroatoms. The Balaban J connectivity index is 1.64. The maximum absolute atomic E-state index is 12.7. The Bertz CT molecular complexity index is 1030. The van der Waals surface area contributed by atoms with Gasteiger partial charge in [-0.25, -0.2) is 13.1 Å². The van der Waals surface area contributed by atoms with E-state index in [0.29, 0.717) is 36.1 Å². The third-order valence-corrected chi connectivity index (χ3v) is 7.56. The van der Waals surface area contributed by atoms with Crippen LogP contribution in [-0.2, 0) is 14.8 Å². The predicted molar refractivity (Wildman–Crippen MR) is 125 cm³/mol. The van der Waals surface area contributed by atoms with Crippen molar-refractivity contribution in [2.75, 3.05) is 5.32 Å². The number of carbonyl (C=O) groups is 1. The fourth-order valence-electron chi connectivity index (χ4n) is 3.83. The van der Waals surface area contributed by atoms with Crippen LogP contribution in [0.4, 0.5) is 5.69 Å². The number of benzene rings is 2. The van der Waals surface area contributed by atoms with Crippen LogP contribution in [-0.4, -0.2) is 31.6 Å². The summed E-state index contributed by atoms with van der Waals surface area (Å²) in [5.41, 5.74) is 2.15. The minimum atomic E-state index is -3.94. The third kappa shape index (κ3) is 6.30. The van der Waals surface area contributed by atoms with Gasteiger partial charge in [0.15, 0.2) is 0 Å². The number of aliphatic hydroxyl groups is 1. The number of sulfonamides is 1. The molecular formula is C23H29BrN2O4S. The predicted octanol–water partition coefficient (Wildman–Crippen LogP) is 4.41. The zero-order chi connectivity index (χ0) is 22.6. The van der Waals surface area contributed by atoms with Crippen molar-refractivity contribution in [3.63, 3.8) is 0 Å². The van der Waals surface area contributed by atoms with Gasteiger partial charge in [0, 0.05) is 16.1 Å². The molecule has 0 aromatic heterocycles. The van der Waals surface area contributed by atoms with Crippen LogP contribution in [0.15, 0.2) is 57.9 Å². The quantitative estimate of drug-likeness (QED) is 0.502. The number of aliphatic hydroxyl groups excluding tert-OH is 1. The van der Waals surface area contributed by atoms with Gasteiger partial charge in [0.1, 0.15) is 0 Å². The molecule has 1 saturated carbocycles. The van der Waals surface area contributed by atoms with Crippen molar-refractivity contribution in [3.05, 3.63) is 58.6 Å². The SMILES string of the molecule is CC(C)c1cccc(N[C@H]2CC[C@@H](C(=O)NS(=O)(=O)c3cccc(Br)c3)CC[C@@H]2O)c1. The maximum Gasteiger partial charge on any atom is 0.264 e. The van der Waals surface area contributed by atoms with Gasteiger partial charge >= 0.3 is 0 Å². The van der Waals surface area contributed by atoms with E-state index in [2.05, 4.69) is 51.9 Å². The van der Waals surface area contributed by atoms with Crippen LogP contribution >= 0.6 is 15.9 Å². The van der Waals surface area contributed by atoms with Crippen molar-refractivity contribution in [2.24, 2.45) is 5.92 Å². The van der Waals surface area contributed by atoms with Gasteiger partial charge in [-0.2, -0.15) is 0 Å². The van der Waals surface area contributed by atoms with Gasteiger partial charge in [-0.05, 0) is 67.5 Å². The molecule has 2 aromatic rings. The lowest BCUT2D eigenvalue weighted by atomic mass is 9.99. The first-order valence-corrected chi connectivity index (χ1v) is 12.8. The minimum absolute atomic E-state index is 0.0356. The number of amides is 1. The number of hydrogen-bond donors (Lipinski definition) is 3. The van der Waals surface area contributed by atoms with E-state index < -0.39 is 28.0 Å². The van der Waals surface area contributed by atoms with Crippen LogP contribution in [0.25, 0.3) is 0 Å². The Hall–Kier alpha value is -1.90. The van der Waals surface area contributed by atoms with Crippen LogP contribution in [0.2, 0.25) is 0 Å². The molecule has 0 spiro atoms. The first-order chi connectivity index (χ1) is 14.7. The summed E-state index contributed by atoms with van der Waals surface area (Å²) in [6.07, 6.45) is 1.32. The van der Waals surface area contributed by atoms with Gasteiger partial charge in [0.2, 0.25) is 5.91 Å². The number of hydrogen-bond acceptors (Lipinski definition) is 5. The van der Waals surface area contributed by atoms with E-state index in [1.54, 1.807) is 12.1 Å². The molecule has 3 atom stereocenters. The third-order valence-electron chi connectivity index (χ3n) is 5.72. The van der Waals surface area contributed by atoms with E-state index in [-0.39, 0.29) is 10.9 Å². The van der Waals surface area contributed by atoms with Gasteiger partial charge in [0.25, 0.3) is 10.0 Å². The van der Waals surface area contributed by atoms with Crippen molar-refractivity contribution in [1.29, 1.82) is 0 Å². The fraction of sp³-hybridized carbons (Fsp3) is 0.435. The van der Waals surface area contributed by atoms with E-state index in [0.717, 1.165) is 5.69 Å². The second-order valence-corrected chi connectivity index (χ2v) is 11.0. The van der Waals surface area contributed by atoms with E-state index in [1.807, 2.05) is 12.1 Å². The van der Waals surface area contributed by atoms with E-state index in [9.17, 15) is 18.3 Å². The topological polar surface area (TPSA) is 95.5 Å². The number of anilines is 1. The van der Waals surface area contributed by atoms with Crippen molar-refractivity contribution in [3.8, 4) is 0 Å². The molecular weight excluding hydrogens is 480 g/mol. The largest absolute Gasteiger partial charge is 0.391 e. The number of rotatable bonds is 6. The summed E-state index contributed by atoms with van der Waals surface area (Å²) < 4.78 is 28.0. The fourth-order valence-corrected chi connectivity index (χ4v) is 5.47. The first kappa shape index (κ1) is 23.8. The van der Waals surface area contributed by atoms with Crippen LogP contribution < -0.4 is 10.0 Å². The Kier molecular flexibility index (Phi) is 7.78. The average Bonchev–Trinajstić information content (AvgIpc) is 2.90. The lowest BCUT2D eigenvalue weighted by molar-refractivity contribution is -0.123. The highest BCUT2D eigenvalue weighted by atomic mass is 79.9. The van der Waals surface area contributed by atoms with Gasteiger partial charge in [-0.15, -0.1) is 0 Å². The lowest BCUT2D eigenvalue weighted by Gasteiger charge is -2.23. The average molecular weight is 509 g/mol. The molecule has 0 heterocycles. The van der Waals surface area contributed by atoms with E-state index >= 15 is 0 Å². The van der Waals surface area contributed by atoms with Gasteiger partial charge in [0.05, 0.1) is 17.0 Å². The van der Waals surface area contributed by atoms with Gasteiger partial charge in [-0.1, -0.05) is 48.0 Å². The zero-order valence-electron chi connectivity index (χ0n) is 17.7. The van der Waals surface area contributed by atoms with Crippen LogP contribution in [0, 0.1) is 5.92 Å². The first-order valence-electron chi connectivity index (χ1n) is 10.5. The second kappa shape index (κ2) is 10.1. The molecule has 1 fully saturated rings. The normalized spacial score (nSPS) is 22.0. The molecule has 0 saturated heterocycles. The summed E-state index contributed by atoms with van der Waals surface area (Å²) >= 11 is 3.25. The maximum atomic E-state index is 12.7. The summed E-state index contributed by atoms with van der Waals surface area (Å²) in [7, 11) is -3.94. The molecule has 1 aliphatic rings. The summed E-state index contributed by atoms with van der Waals surface area (Å²) in [5, 5.41) is 14.0. The van der Waals surface area contributed by atoms with Crippen LogP contribution in [0.5, 0.6) is 0 Å². The highest BCUT2D eigenvalue weighted by molar-refractivity contribution is 9.10. The molecule has 1 amide bonds. The van der Waals surface area contributed by atoms with Crippen LogP contribution in [0.1, 0.15) is 51.0 Å². The molecule has 6 nitrogen and oxygen atoms in total. The number of carbonyl (C=O) groups excluding carboxylic acids is 1. The molecule has 2 aromatic carbocycles. The Morgan fingerprint density at radius 3 is 2.48 bits per heavy atom. The number of halogens is 1. The molecule has 1 aliphatic carbocycles. The summed E-state index contributed by atoms with van der Waals surface area (Å²) in [4.78, 5) is 12.7. The lowest BCUT2D eigenvalue weighted by Crippen LogP contribution is -2.35. The van der Waals surface area contributed by atoms with E-state index in [4.69, 9.17) is 0 Å². The zero-order valence-corrected chi connectivity index (χ0v) is 20.1. The Morgan fingerprint density at radius 1 is 1.06 bits per heavy atom. The molecule has 0 aliphatic heterocycles. The van der Waals surface area contributed by atoms with E-state index in [1.165, 1.54) is 17.7 Å². The minimum Gasteiger partial charge on any atom is -0.391 e. The summed E-state index contributed by atoms with van der Waals surface area (Å²) in [6.45, 7) is 4.26. The van der Waals surface area contributed by atoms with Crippen LogP contribution in [0.3, 0.4) is 0 Å². The standard InChI is InChI=1S/C23H29BrN2O4S/c1-15(2)17-5-3-7-19(13-17)25-21-11-9-16(10-12-22(21)27)23(28)26-31(29,30)20-8-4-6-18(24)14-20/h3-8,13-16,21-22,25,27H,9-12H2,1-2H3,(H,26,28)/t16-,21+,22+/m1/s1. The summed E-state index contributed by atoms with van der Waals surface area (Å²) in [5.74, 6) is -0.582. The smallest absolute Gasteiger partial charge is 0.264 e. The van der Waals surface area contributed by atoms with Crippen molar-refractivity contribution >= 4 is 37.5 Å². The van der Waals surface area contributed by atoms with Crippen molar-refractivity contribution < 1.29 is 18.3 Å². The molecule has 0 bridgehead atoms. The second-order valence-electron chi connectivity index (χ2n) is 8.38. The molecule has 3 rings (SSSR count). The summed E-state index contributed by atoms with van der Waals surface area (Å²) in [6, 6.07) is 14.2. The highest BCUT2D eigenvalue weighted by Crippen LogP contribution is 2.28. The highest BCUT2D eigenvalue weighted by Gasteiger charge is 2.31. The molecule has 3 N–H and O–H groups in total. The monoisotopic (exact) mass is 508 g/mol. The molecule has 168 valence electrons. The Morgan fingerprint density at radius 2 is 1.77 bits per heavy atom. The molecule has 31 heavy (non-hydrogen) atoms. The van der Waals surface area contributed by atoms with Gasteiger partial charge < -0.3 is 10.4 Å². The Labute approximate surface area is 192 Å². The van der Waals surface area contributed by atoms with Gasteiger partial charge in [-0.3, -0.25) is 4.79 Å². The number of nitrogens with one attached hydrogen (secondary N) is 2. The van der Waals surface area contributed by atoms with Crippen molar-refractivity contribution in [1.82, 2.24) is 4.72 Å². The van der Waals surface area contributed by atoms with Crippen molar-refractivity contribution in [2.45, 2.75) is 62.5 Å². The molecule has 0 radical (unpaired) electrons.